The van der Waals surface area contributed by atoms with Crippen LogP contribution < -0.4 is 9.80 Å². The Morgan fingerprint density at radius 2 is 1.46 bits per heavy atom. The average Bonchev–Trinajstić information content (AvgIpc) is 3.36. The smallest absolute Gasteiger partial charge is 0.362 e. The van der Waals surface area contributed by atoms with E-state index in [-0.39, 0.29) is 11.9 Å². The minimum absolute atomic E-state index is 0.180. The Balaban J connectivity index is 1.40. The minimum Gasteiger partial charge on any atom is -0.456 e. The fraction of sp³-hybridized carbons (Fsp3) is 0.548. The Labute approximate surface area is 316 Å². The first-order valence-corrected chi connectivity index (χ1v) is 19.6. The van der Waals surface area contributed by atoms with Gasteiger partial charge in [0.25, 0.3) is 0 Å². The van der Waals surface area contributed by atoms with E-state index in [2.05, 4.69) is 92.6 Å². The van der Waals surface area contributed by atoms with E-state index in [1.165, 1.54) is 21.2 Å². The van der Waals surface area contributed by atoms with Gasteiger partial charge in [0.05, 0.1) is 57.5 Å². The first-order chi connectivity index (χ1) is 24.3. The van der Waals surface area contributed by atoms with Crippen LogP contribution in [0.5, 0.6) is 0 Å². The van der Waals surface area contributed by atoms with Gasteiger partial charge in [-0.2, -0.15) is 0 Å². The molecule has 0 spiro atoms. The van der Waals surface area contributed by atoms with Gasteiger partial charge in [0.1, 0.15) is 17.0 Å². The van der Waals surface area contributed by atoms with Crippen molar-refractivity contribution in [3.8, 4) is 0 Å². The Hall–Kier alpha value is -3.60. The zero-order valence-corrected chi connectivity index (χ0v) is 34.1. The third-order valence-corrected chi connectivity index (χ3v) is 10.4. The Kier molecular flexibility index (Phi) is 12.0. The van der Waals surface area contributed by atoms with Gasteiger partial charge < -0.3 is 28.2 Å². The highest BCUT2D eigenvalue weighted by Crippen LogP contribution is 2.50. The number of ether oxygens (including phenoxy) is 2. The van der Waals surface area contributed by atoms with Crippen LogP contribution in [0.1, 0.15) is 71.9 Å². The number of thioether (sulfide) groups is 1. The number of fused-ring (bicyclic) bond motifs is 1. The molecular weight excluding hydrogens is 671 g/mol. The summed E-state index contributed by atoms with van der Waals surface area (Å²) < 4.78 is 12.4. The van der Waals surface area contributed by atoms with E-state index in [4.69, 9.17) is 14.5 Å². The van der Waals surface area contributed by atoms with Crippen molar-refractivity contribution in [3.05, 3.63) is 64.7 Å². The SMILES string of the molecule is CC(C)(C)OC(=O)C[N+](C)(C)CCCN(CCC[N+](C)(C)CC(=O)OC(C)(C)C)c1cc(/C=C2\Sc3cccc4c3N2CCC4)c2ccccc2n1. The molecule has 0 radical (unpaired) electrons. The van der Waals surface area contributed by atoms with E-state index in [0.717, 1.165) is 80.7 Å². The lowest BCUT2D eigenvalue weighted by atomic mass is 10.0. The molecule has 1 aromatic heterocycles. The zero-order valence-electron chi connectivity index (χ0n) is 33.3. The van der Waals surface area contributed by atoms with Crippen molar-refractivity contribution in [1.82, 2.24) is 4.98 Å². The molecule has 0 amide bonds. The molecule has 0 atom stereocenters. The van der Waals surface area contributed by atoms with Crippen molar-refractivity contribution < 1.29 is 28.0 Å². The van der Waals surface area contributed by atoms with Crippen molar-refractivity contribution >= 4 is 52.2 Å². The first-order valence-electron chi connectivity index (χ1n) is 18.8. The molecule has 0 aliphatic carbocycles. The summed E-state index contributed by atoms with van der Waals surface area (Å²) in [6, 6.07) is 17.4. The van der Waals surface area contributed by atoms with E-state index < -0.39 is 11.2 Å². The second kappa shape index (κ2) is 15.8. The molecule has 2 aromatic carbocycles. The Morgan fingerprint density at radius 3 is 2.06 bits per heavy atom. The van der Waals surface area contributed by atoms with E-state index in [9.17, 15) is 9.59 Å². The number of rotatable bonds is 14. The summed E-state index contributed by atoms with van der Waals surface area (Å²) in [5, 5.41) is 2.40. The molecule has 0 N–H and O–H groups in total. The molecule has 0 unspecified atom stereocenters. The molecule has 0 bridgehead atoms. The number of para-hydroxylation sites is 2. The van der Waals surface area contributed by atoms with Crippen LogP contribution in [0.3, 0.4) is 0 Å². The second-order valence-electron chi connectivity index (χ2n) is 17.7. The van der Waals surface area contributed by atoms with Crippen LogP contribution in [0.4, 0.5) is 11.5 Å². The summed E-state index contributed by atoms with van der Waals surface area (Å²) in [6.07, 6.45) is 6.38. The van der Waals surface area contributed by atoms with Gasteiger partial charge in [0, 0.05) is 42.8 Å². The zero-order chi connectivity index (χ0) is 37.9. The summed E-state index contributed by atoms with van der Waals surface area (Å²) in [5.74, 6) is 0.585. The topological polar surface area (TPSA) is 72.0 Å². The van der Waals surface area contributed by atoms with Gasteiger partial charge in [-0.1, -0.05) is 42.1 Å². The van der Waals surface area contributed by atoms with E-state index in [1.807, 2.05) is 53.3 Å². The minimum atomic E-state index is -0.505. The highest BCUT2D eigenvalue weighted by atomic mass is 32.2. The maximum absolute atomic E-state index is 12.7. The number of esters is 2. The number of nitrogens with zero attached hydrogens (tertiary/aromatic N) is 5. The Morgan fingerprint density at radius 1 is 0.865 bits per heavy atom. The molecule has 3 aromatic rings. The average molecular weight is 732 g/mol. The number of anilines is 2. The lowest BCUT2D eigenvalue weighted by Gasteiger charge is -2.33. The lowest BCUT2D eigenvalue weighted by Crippen LogP contribution is -2.48. The number of aryl methyl sites for hydroxylation is 1. The van der Waals surface area contributed by atoms with Crippen molar-refractivity contribution in [2.24, 2.45) is 0 Å². The summed E-state index contributed by atoms with van der Waals surface area (Å²) in [7, 11) is 8.36. The highest BCUT2D eigenvalue weighted by molar-refractivity contribution is 8.03. The van der Waals surface area contributed by atoms with Gasteiger partial charge in [-0.15, -0.1) is 0 Å². The maximum atomic E-state index is 12.7. The van der Waals surface area contributed by atoms with Crippen LogP contribution >= 0.6 is 11.8 Å². The highest BCUT2D eigenvalue weighted by Gasteiger charge is 2.31. The molecular formula is C42H61N5O4S+2. The van der Waals surface area contributed by atoms with Crippen LogP contribution in [0.15, 0.2) is 58.5 Å². The van der Waals surface area contributed by atoms with E-state index in [0.29, 0.717) is 22.1 Å². The number of pyridine rings is 1. The normalized spacial score (nSPS) is 15.6. The van der Waals surface area contributed by atoms with Crippen molar-refractivity contribution in [2.75, 3.05) is 83.8 Å². The number of quaternary nitrogens is 2. The van der Waals surface area contributed by atoms with Gasteiger partial charge >= 0.3 is 11.9 Å². The molecule has 2 aliphatic heterocycles. The summed E-state index contributed by atoms with van der Waals surface area (Å²) in [6.45, 7) is 16.3. The molecule has 5 rings (SSSR count). The summed E-state index contributed by atoms with van der Waals surface area (Å²) in [4.78, 5) is 36.9. The molecule has 0 fully saturated rings. The molecule has 2 aliphatic rings. The third kappa shape index (κ3) is 11.0. The monoisotopic (exact) mass is 731 g/mol. The quantitative estimate of drug-likeness (QED) is 0.125. The molecule has 9 nitrogen and oxygen atoms in total. The Bertz CT molecular complexity index is 1740. The van der Waals surface area contributed by atoms with Crippen LogP contribution in [-0.2, 0) is 25.5 Å². The molecule has 10 heteroatoms. The third-order valence-electron chi connectivity index (χ3n) is 9.34. The van der Waals surface area contributed by atoms with Crippen molar-refractivity contribution in [2.45, 2.75) is 83.3 Å². The number of hydrogen-bond acceptors (Lipinski definition) is 8. The molecule has 52 heavy (non-hydrogen) atoms. The fourth-order valence-electron chi connectivity index (χ4n) is 7.12. The van der Waals surface area contributed by atoms with Gasteiger partial charge in [0.15, 0.2) is 13.1 Å². The van der Waals surface area contributed by atoms with Crippen LogP contribution in [0, 0.1) is 0 Å². The van der Waals surface area contributed by atoms with Crippen molar-refractivity contribution in [1.29, 1.82) is 0 Å². The lowest BCUT2D eigenvalue weighted by molar-refractivity contribution is -0.883. The predicted molar refractivity (Wildman–Crippen MR) is 215 cm³/mol. The van der Waals surface area contributed by atoms with Crippen LogP contribution in [-0.4, -0.2) is 111 Å². The largest absolute Gasteiger partial charge is 0.456 e. The number of benzene rings is 2. The molecule has 0 saturated heterocycles. The second-order valence-corrected chi connectivity index (χ2v) is 18.8. The van der Waals surface area contributed by atoms with E-state index >= 15 is 0 Å². The molecule has 3 heterocycles. The molecule has 282 valence electrons. The van der Waals surface area contributed by atoms with Gasteiger partial charge in [-0.3, -0.25) is 0 Å². The van der Waals surface area contributed by atoms with E-state index in [1.54, 1.807) is 0 Å². The summed E-state index contributed by atoms with van der Waals surface area (Å²) in [5.41, 5.74) is 3.94. The van der Waals surface area contributed by atoms with Gasteiger partial charge in [-0.05, 0) is 89.8 Å². The maximum Gasteiger partial charge on any atom is 0.362 e. The number of carbonyl (C=O) groups is 2. The number of carbonyl (C=O) groups excluding carboxylic acids is 2. The van der Waals surface area contributed by atoms with Crippen LogP contribution in [0.25, 0.3) is 17.0 Å². The van der Waals surface area contributed by atoms with Crippen molar-refractivity contribution in [3.63, 3.8) is 0 Å². The van der Waals surface area contributed by atoms with Gasteiger partial charge in [0.2, 0.25) is 0 Å². The number of aromatic nitrogens is 1. The fourth-order valence-corrected chi connectivity index (χ4v) is 8.31. The number of likely N-dealkylation sites (N-methyl/N-ethyl adjacent to an activating group) is 2. The molecule has 0 saturated carbocycles. The summed E-state index contributed by atoms with van der Waals surface area (Å²) >= 11 is 1.86. The van der Waals surface area contributed by atoms with Gasteiger partial charge in [-0.25, -0.2) is 14.6 Å². The number of hydrogen-bond donors (Lipinski definition) is 0. The first kappa shape index (κ1) is 39.6. The standard InChI is InChI=1S/C42H61N5O4S/c1-41(2,3)50-38(48)29-46(7,8)25-15-22-44(23-16-26-47(9,10)30-39(49)51-42(4,5)6)36-27-32(33-19-11-12-20-34(33)43-36)28-37-45-24-14-18-31-17-13-21-35(52-37)40(31)45/h11-13,17,19-21,27-28H,14-16,18,22-26,29-30H2,1-10H3/q+2/b37-28-. The predicted octanol–water partition coefficient (Wildman–Crippen LogP) is 7.51. The van der Waals surface area contributed by atoms with Crippen LogP contribution in [0.2, 0.25) is 0 Å².